The predicted molar refractivity (Wildman–Crippen MR) is 60.1 cm³/mol. The molecule has 0 aliphatic rings. The summed E-state index contributed by atoms with van der Waals surface area (Å²) in [6, 6.07) is 0.364. The zero-order chi connectivity index (χ0) is 10.8. The van der Waals surface area contributed by atoms with E-state index in [1.807, 2.05) is 4.68 Å². The Morgan fingerprint density at radius 1 is 1.47 bits per heavy atom. The minimum absolute atomic E-state index is 0.364. The first-order chi connectivity index (χ1) is 7.27. The van der Waals surface area contributed by atoms with Gasteiger partial charge in [-0.05, 0) is 12.8 Å². The Morgan fingerprint density at radius 3 is 2.87 bits per heavy atom. The molecule has 2 aromatic heterocycles. The summed E-state index contributed by atoms with van der Waals surface area (Å²) in [6.07, 6.45) is 3.64. The smallest absolute Gasteiger partial charge is 0.166 e. The molecule has 1 N–H and O–H groups in total. The van der Waals surface area contributed by atoms with Gasteiger partial charge in [0.2, 0.25) is 0 Å². The van der Waals surface area contributed by atoms with Crippen molar-refractivity contribution in [3.8, 4) is 0 Å². The molecule has 0 fully saturated rings. The van der Waals surface area contributed by atoms with Gasteiger partial charge in [0.15, 0.2) is 15.8 Å². The van der Waals surface area contributed by atoms with E-state index in [0.717, 1.165) is 18.5 Å². The van der Waals surface area contributed by atoms with Gasteiger partial charge in [0.1, 0.15) is 0 Å². The van der Waals surface area contributed by atoms with Gasteiger partial charge in [-0.3, -0.25) is 0 Å². The van der Waals surface area contributed by atoms with Crippen molar-refractivity contribution in [1.29, 1.82) is 0 Å². The number of hydrogen-bond acceptors (Lipinski definition) is 4. The zero-order valence-electron chi connectivity index (χ0n) is 8.77. The van der Waals surface area contributed by atoms with Crippen LogP contribution in [0, 0.1) is 4.64 Å². The van der Waals surface area contributed by atoms with Crippen LogP contribution >= 0.6 is 12.2 Å². The lowest BCUT2D eigenvalue weighted by molar-refractivity contribution is 0.427. The van der Waals surface area contributed by atoms with Crippen LogP contribution in [-0.4, -0.2) is 25.0 Å². The van der Waals surface area contributed by atoms with Crippen LogP contribution < -0.4 is 0 Å². The maximum absolute atomic E-state index is 5.08. The Bertz CT molecular complexity index is 510. The molecule has 0 atom stereocenters. The average Bonchev–Trinajstić information content (AvgIpc) is 2.66. The molecule has 0 amide bonds. The lowest BCUT2D eigenvalue weighted by Crippen LogP contribution is -2.09. The van der Waals surface area contributed by atoms with Gasteiger partial charge in [0, 0.05) is 0 Å². The van der Waals surface area contributed by atoms with E-state index in [9.17, 15) is 0 Å². The molecule has 0 bridgehead atoms. The van der Waals surface area contributed by atoms with Gasteiger partial charge in [-0.1, -0.05) is 31.3 Å². The van der Waals surface area contributed by atoms with E-state index in [0.29, 0.717) is 16.2 Å². The molecule has 0 aliphatic carbocycles. The summed E-state index contributed by atoms with van der Waals surface area (Å²) in [5.74, 6) is 0. The number of rotatable bonds is 3. The lowest BCUT2D eigenvalue weighted by Gasteiger charge is -2.12. The first-order valence-corrected chi connectivity index (χ1v) is 5.47. The van der Waals surface area contributed by atoms with Crippen molar-refractivity contribution in [3.05, 3.63) is 11.0 Å². The normalized spacial score (nSPS) is 11.4. The summed E-state index contributed by atoms with van der Waals surface area (Å²) < 4.78 is 2.40. The van der Waals surface area contributed by atoms with E-state index < -0.39 is 0 Å². The molecule has 0 aromatic carbocycles. The third kappa shape index (κ3) is 1.65. The van der Waals surface area contributed by atoms with Crippen LogP contribution in [0.1, 0.15) is 32.7 Å². The first kappa shape index (κ1) is 10.2. The van der Waals surface area contributed by atoms with E-state index in [4.69, 9.17) is 12.2 Å². The number of H-pyrrole nitrogens is 1. The molecule has 0 saturated carbocycles. The second-order valence-electron chi connectivity index (χ2n) is 3.41. The fraction of sp³-hybridized carbons (Fsp3) is 0.556. The number of aromatic nitrogens is 5. The van der Waals surface area contributed by atoms with Crippen molar-refractivity contribution in [2.45, 2.75) is 32.7 Å². The Labute approximate surface area is 92.5 Å². The predicted octanol–water partition coefficient (Wildman–Crippen LogP) is 2.24. The Morgan fingerprint density at radius 2 is 2.20 bits per heavy atom. The van der Waals surface area contributed by atoms with Gasteiger partial charge in [0.25, 0.3) is 0 Å². The van der Waals surface area contributed by atoms with E-state index >= 15 is 0 Å². The summed E-state index contributed by atoms with van der Waals surface area (Å²) >= 11 is 5.08. The summed E-state index contributed by atoms with van der Waals surface area (Å²) in [7, 11) is 0. The molecule has 0 unspecified atom stereocenters. The van der Waals surface area contributed by atoms with Crippen molar-refractivity contribution in [3.63, 3.8) is 0 Å². The molecule has 2 heterocycles. The highest BCUT2D eigenvalue weighted by molar-refractivity contribution is 7.71. The molecule has 2 aromatic rings. The second kappa shape index (κ2) is 4.06. The third-order valence-electron chi connectivity index (χ3n) is 2.57. The molecule has 0 radical (unpaired) electrons. The standard InChI is InChI=1S/C9H13N5S/c1-3-6(4-2)14-8-7(12-13-14)9(15)11-5-10-8/h5-6H,3-4H2,1-2H3,(H,10,11,15). The first-order valence-electron chi connectivity index (χ1n) is 5.06. The molecule has 15 heavy (non-hydrogen) atoms. The summed E-state index contributed by atoms with van der Waals surface area (Å²) in [6.45, 7) is 4.27. The van der Waals surface area contributed by atoms with Crippen LogP contribution in [0.15, 0.2) is 6.33 Å². The fourth-order valence-corrected chi connectivity index (χ4v) is 1.87. The fourth-order valence-electron chi connectivity index (χ4n) is 1.68. The topological polar surface area (TPSA) is 59.4 Å². The van der Waals surface area contributed by atoms with Crippen molar-refractivity contribution in [2.24, 2.45) is 0 Å². The Kier molecular flexibility index (Phi) is 2.77. The highest BCUT2D eigenvalue weighted by Crippen LogP contribution is 2.18. The number of nitrogens with one attached hydrogen (secondary N) is 1. The molecule has 0 spiro atoms. The van der Waals surface area contributed by atoms with E-state index in [2.05, 4.69) is 34.1 Å². The van der Waals surface area contributed by atoms with E-state index in [-0.39, 0.29) is 0 Å². The van der Waals surface area contributed by atoms with Crippen LogP contribution in [-0.2, 0) is 0 Å². The van der Waals surface area contributed by atoms with Crippen LogP contribution in [0.3, 0.4) is 0 Å². The average molecular weight is 223 g/mol. The van der Waals surface area contributed by atoms with Gasteiger partial charge in [0.05, 0.1) is 12.4 Å². The molecular formula is C9H13N5S. The van der Waals surface area contributed by atoms with Gasteiger partial charge in [-0.2, -0.15) is 0 Å². The quantitative estimate of drug-likeness (QED) is 0.811. The van der Waals surface area contributed by atoms with Gasteiger partial charge < -0.3 is 4.98 Å². The van der Waals surface area contributed by atoms with Crippen molar-refractivity contribution in [2.75, 3.05) is 0 Å². The Balaban J connectivity index is 2.63. The maximum atomic E-state index is 5.08. The highest BCUT2D eigenvalue weighted by atomic mass is 32.1. The van der Waals surface area contributed by atoms with Gasteiger partial charge in [-0.15, -0.1) is 5.10 Å². The molecular weight excluding hydrogens is 210 g/mol. The third-order valence-corrected chi connectivity index (χ3v) is 2.87. The molecule has 6 heteroatoms. The van der Waals surface area contributed by atoms with Gasteiger partial charge >= 0.3 is 0 Å². The van der Waals surface area contributed by atoms with Crippen molar-refractivity contribution < 1.29 is 0 Å². The van der Waals surface area contributed by atoms with Crippen molar-refractivity contribution in [1.82, 2.24) is 25.0 Å². The van der Waals surface area contributed by atoms with Crippen LogP contribution in [0.25, 0.3) is 11.2 Å². The second-order valence-corrected chi connectivity index (χ2v) is 3.80. The molecule has 0 saturated heterocycles. The molecule has 2 rings (SSSR count). The van der Waals surface area contributed by atoms with Crippen LogP contribution in [0.4, 0.5) is 0 Å². The number of fused-ring (bicyclic) bond motifs is 1. The molecule has 5 nitrogen and oxygen atoms in total. The van der Waals surface area contributed by atoms with Crippen LogP contribution in [0.5, 0.6) is 0 Å². The Hall–Kier alpha value is -1.30. The molecule has 80 valence electrons. The minimum Gasteiger partial charge on any atom is -0.329 e. The monoisotopic (exact) mass is 223 g/mol. The highest BCUT2D eigenvalue weighted by Gasteiger charge is 2.13. The number of nitrogens with zero attached hydrogens (tertiary/aromatic N) is 4. The lowest BCUT2D eigenvalue weighted by atomic mass is 10.2. The molecule has 0 aliphatic heterocycles. The minimum atomic E-state index is 0.364. The van der Waals surface area contributed by atoms with Gasteiger partial charge in [-0.25, -0.2) is 9.67 Å². The summed E-state index contributed by atoms with van der Waals surface area (Å²) in [4.78, 5) is 7.02. The zero-order valence-corrected chi connectivity index (χ0v) is 9.58. The number of aromatic amines is 1. The summed E-state index contributed by atoms with van der Waals surface area (Å²) in [5.41, 5.74) is 1.54. The maximum Gasteiger partial charge on any atom is 0.166 e. The SMILES string of the molecule is CCC(CC)n1nnc2c(=S)nc[nH]c21. The summed E-state index contributed by atoms with van der Waals surface area (Å²) in [5, 5.41) is 8.18. The largest absolute Gasteiger partial charge is 0.329 e. The van der Waals surface area contributed by atoms with E-state index in [1.165, 1.54) is 0 Å². The number of hydrogen-bond donors (Lipinski definition) is 1. The van der Waals surface area contributed by atoms with Crippen molar-refractivity contribution >= 4 is 23.4 Å². The van der Waals surface area contributed by atoms with Crippen LogP contribution in [0.2, 0.25) is 0 Å². The van der Waals surface area contributed by atoms with E-state index in [1.54, 1.807) is 6.33 Å².